The molecule has 0 N–H and O–H groups in total. The van der Waals surface area contributed by atoms with Gasteiger partial charge in [0.25, 0.3) is 0 Å². The van der Waals surface area contributed by atoms with Gasteiger partial charge in [-0.3, -0.25) is 4.79 Å². The summed E-state index contributed by atoms with van der Waals surface area (Å²) >= 11 is 11.2. The van der Waals surface area contributed by atoms with Gasteiger partial charge in [0, 0.05) is 11.1 Å². The summed E-state index contributed by atoms with van der Waals surface area (Å²) in [5.74, 6) is 0. The van der Waals surface area contributed by atoms with Crippen LogP contribution in [-0.4, -0.2) is 5.24 Å². The fraction of sp³-hybridized carbons (Fsp3) is 0.182. The van der Waals surface area contributed by atoms with Crippen LogP contribution in [0.3, 0.4) is 0 Å². The average molecular weight is 227 g/mol. The molecule has 2 rings (SSSR count). The molecule has 1 aromatic carbocycles. The number of hydrogen-bond acceptors (Lipinski definition) is 1. The largest absolute Gasteiger partial charge is 0.276 e. The number of carbonyl (C=O) groups is 1. The van der Waals surface area contributed by atoms with Gasteiger partial charge in [0.05, 0.1) is 0 Å². The summed E-state index contributed by atoms with van der Waals surface area (Å²) in [5, 5.41) is 0.324. The van der Waals surface area contributed by atoms with Gasteiger partial charge in [-0.15, -0.1) is 0 Å². The number of aryl methyl sites for hydroxylation is 1. The van der Waals surface area contributed by atoms with E-state index in [2.05, 4.69) is 0 Å². The zero-order valence-electron chi connectivity index (χ0n) is 7.39. The van der Waals surface area contributed by atoms with Gasteiger partial charge in [-0.05, 0) is 53.3 Å². The number of benzene rings is 1. The molecule has 1 aliphatic rings. The Hall–Kier alpha value is -0.790. The summed E-state index contributed by atoms with van der Waals surface area (Å²) in [6, 6.07) is 5.71. The Labute approximate surface area is 92.3 Å². The van der Waals surface area contributed by atoms with E-state index in [9.17, 15) is 4.79 Å². The van der Waals surface area contributed by atoms with Crippen LogP contribution in [-0.2, 0) is 11.2 Å². The molecule has 14 heavy (non-hydrogen) atoms. The third-order valence-corrected chi connectivity index (χ3v) is 2.71. The Morgan fingerprint density at radius 2 is 2.14 bits per heavy atom. The average Bonchev–Trinajstić information content (AvgIpc) is 2.47. The van der Waals surface area contributed by atoms with Gasteiger partial charge in [-0.2, -0.15) is 0 Å². The van der Waals surface area contributed by atoms with Crippen LogP contribution in [0, 0.1) is 0 Å². The van der Waals surface area contributed by atoms with E-state index in [-0.39, 0.29) is 0 Å². The molecule has 0 amide bonds. The van der Waals surface area contributed by atoms with Crippen molar-refractivity contribution in [3.8, 4) is 0 Å². The SMILES string of the molecule is O=C(Cl)/C=C1/CCc2cc(Cl)ccc21. The lowest BCUT2D eigenvalue weighted by atomic mass is 10.1. The summed E-state index contributed by atoms with van der Waals surface area (Å²) in [6.45, 7) is 0. The number of carbonyl (C=O) groups excluding carboxylic acids is 1. The molecule has 0 spiro atoms. The summed E-state index contributed by atoms with van der Waals surface area (Å²) in [4.78, 5) is 10.7. The smallest absolute Gasteiger partial charge is 0.245 e. The number of halogens is 2. The van der Waals surface area contributed by atoms with Crippen LogP contribution in [0.2, 0.25) is 5.02 Å². The Morgan fingerprint density at radius 3 is 2.86 bits per heavy atom. The molecule has 0 saturated carbocycles. The molecule has 1 aromatic rings. The third kappa shape index (κ3) is 1.84. The summed E-state index contributed by atoms with van der Waals surface area (Å²) in [7, 11) is 0. The van der Waals surface area contributed by atoms with Crippen LogP contribution >= 0.6 is 23.2 Å². The highest BCUT2D eigenvalue weighted by molar-refractivity contribution is 6.67. The van der Waals surface area contributed by atoms with Crippen LogP contribution in [0.25, 0.3) is 5.57 Å². The molecule has 1 nitrogen and oxygen atoms in total. The lowest BCUT2D eigenvalue weighted by Crippen LogP contribution is -1.83. The number of rotatable bonds is 1. The fourth-order valence-electron chi connectivity index (χ4n) is 1.77. The van der Waals surface area contributed by atoms with Crippen molar-refractivity contribution < 1.29 is 4.79 Å². The van der Waals surface area contributed by atoms with Crippen molar-refractivity contribution in [1.82, 2.24) is 0 Å². The molecule has 0 heterocycles. The van der Waals surface area contributed by atoms with E-state index < -0.39 is 5.24 Å². The van der Waals surface area contributed by atoms with Crippen LogP contribution < -0.4 is 0 Å². The van der Waals surface area contributed by atoms with E-state index in [4.69, 9.17) is 23.2 Å². The summed E-state index contributed by atoms with van der Waals surface area (Å²) < 4.78 is 0. The van der Waals surface area contributed by atoms with Crippen molar-refractivity contribution in [3.05, 3.63) is 40.4 Å². The molecule has 0 radical (unpaired) electrons. The molecule has 72 valence electrons. The topological polar surface area (TPSA) is 17.1 Å². The minimum Gasteiger partial charge on any atom is -0.276 e. The first kappa shape index (κ1) is 9.75. The normalized spacial score (nSPS) is 17.1. The zero-order valence-corrected chi connectivity index (χ0v) is 8.90. The molecule has 3 heteroatoms. The number of hydrogen-bond donors (Lipinski definition) is 0. The minimum atomic E-state index is -0.414. The molecule has 0 bridgehead atoms. The van der Waals surface area contributed by atoms with Gasteiger partial charge in [0.1, 0.15) is 0 Å². The number of allylic oxidation sites excluding steroid dienone is 2. The third-order valence-electron chi connectivity index (χ3n) is 2.36. The molecule has 0 aromatic heterocycles. The van der Waals surface area contributed by atoms with Crippen molar-refractivity contribution in [2.24, 2.45) is 0 Å². The summed E-state index contributed by atoms with van der Waals surface area (Å²) in [6.07, 6.45) is 3.29. The Balaban J connectivity index is 2.45. The van der Waals surface area contributed by atoms with Crippen molar-refractivity contribution in [3.63, 3.8) is 0 Å². The lowest BCUT2D eigenvalue weighted by Gasteiger charge is -1.99. The van der Waals surface area contributed by atoms with Crippen LogP contribution in [0.1, 0.15) is 17.5 Å². The van der Waals surface area contributed by atoms with Gasteiger partial charge in [0.15, 0.2) is 0 Å². The minimum absolute atomic E-state index is 0.414. The Kier molecular flexibility index (Phi) is 2.62. The molecule has 0 saturated heterocycles. The Bertz CT molecular complexity index is 421. The second kappa shape index (κ2) is 3.76. The molecule has 0 fully saturated rings. The van der Waals surface area contributed by atoms with Gasteiger partial charge < -0.3 is 0 Å². The van der Waals surface area contributed by atoms with E-state index in [1.807, 2.05) is 18.2 Å². The maximum atomic E-state index is 10.7. The van der Waals surface area contributed by atoms with Gasteiger partial charge in [-0.25, -0.2) is 0 Å². The van der Waals surface area contributed by atoms with Gasteiger partial charge in [-0.1, -0.05) is 17.7 Å². The molecule has 0 unspecified atom stereocenters. The lowest BCUT2D eigenvalue weighted by molar-refractivity contribution is -0.107. The maximum absolute atomic E-state index is 10.7. The van der Waals surface area contributed by atoms with Crippen molar-refractivity contribution in [2.45, 2.75) is 12.8 Å². The van der Waals surface area contributed by atoms with Crippen molar-refractivity contribution >= 4 is 34.0 Å². The molecular weight excluding hydrogens is 219 g/mol. The first-order valence-corrected chi connectivity index (χ1v) is 5.11. The highest BCUT2D eigenvalue weighted by atomic mass is 35.5. The van der Waals surface area contributed by atoms with Gasteiger partial charge in [0.2, 0.25) is 5.24 Å². The van der Waals surface area contributed by atoms with Crippen LogP contribution in [0.15, 0.2) is 24.3 Å². The number of fused-ring (bicyclic) bond motifs is 1. The van der Waals surface area contributed by atoms with Crippen LogP contribution in [0.5, 0.6) is 0 Å². The second-order valence-corrected chi connectivity index (χ2v) is 4.08. The fourth-order valence-corrected chi connectivity index (χ4v) is 2.10. The van der Waals surface area contributed by atoms with E-state index in [1.54, 1.807) is 0 Å². The van der Waals surface area contributed by atoms with E-state index >= 15 is 0 Å². The summed E-state index contributed by atoms with van der Waals surface area (Å²) in [5.41, 5.74) is 3.31. The van der Waals surface area contributed by atoms with E-state index in [0.29, 0.717) is 0 Å². The van der Waals surface area contributed by atoms with Crippen LogP contribution in [0.4, 0.5) is 0 Å². The quantitative estimate of drug-likeness (QED) is 0.530. The van der Waals surface area contributed by atoms with E-state index in [1.165, 1.54) is 11.6 Å². The van der Waals surface area contributed by atoms with E-state index in [0.717, 1.165) is 29.0 Å². The monoisotopic (exact) mass is 226 g/mol. The second-order valence-electron chi connectivity index (χ2n) is 3.28. The highest BCUT2D eigenvalue weighted by Crippen LogP contribution is 2.33. The standard InChI is InChI=1S/C11H8Cl2O/c12-9-3-4-10-7(5-9)1-2-8(10)6-11(13)14/h3-6H,1-2H2/b8-6-. The highest BCUT2D eigenvalue weighted by Gasteiger charge is 2.16. The molecule has 1 aliphatic carbocycles. The first-order chi connectivity index (χ1) is 6.66. The van der Waals surface area contributed by atoms with Gasteiger partial charge >= 0.3 is 0 Å². The maximum Gasteiger partial charge on any atom is 0.245 e. The van der Waals surface area contributed by atoms with Crippen molar-refractivity contribution in [1.29, 1.82) is 0 Å². The predicted molar refractivity (Wildman–Crippen MR) is 58.6 cm³/mol. The molecule has 0 atom stereocenters. The molecular formula is C11H8Cl2O. The van der Waals surface area contributed by atoms with Crippen molar-refractivity contribution in [2.75, 3.05) is 0 Å². The molecule has 0 aliphatic heterocycles. The predicted octanol–water partition coefficient (Wildman–Crippen LogP) is 3.44. The first-order valence-electron chi connectivity index (χ1n) is 4.35. The Morgan fingerprint density at radius 1 is 1.36 bits per heavy atom. The zero-order chi connectivity index (χ0) is 10.1.